The van der Waals surface area contributed by atoms with E-state index in [9.17, 15) is 4.79 Å². The first kappa shape index (κ1) is 8.65. The van der Waals surface area contributed by atoms with Gasteiger partial charge in [-0.2, -0.15) is 0 Å². The zero-order valence-corrected chi connectivity index (χ0v) is 7.32. The molecule has 0 aliphatic carbocycles. The van der Waals surface area contributed by atoms with Crippen molar-refractivity contribution < 1.29 is 4.79 Å². The predicted octanol–water partition coefficient (Wildman–Crippen LogP) is 1.18. The van der Waals surface area contributed by atoms with Crippen molar-refractivity contribution in [2.24, 2.45) is 0 Å². The second kappa shape index (κ2) is 4.44. The lowest BCUT2D eigenvalue weighted by Crippen LogP contribution is -2.20. The summed E-state index contributed by atoms with van der Waals surface area (Å²) in [6, 6.07) is 0. The molecule has 0 aromatic heterocycles. The fourth-order valence-corrected chi connectivity index (χ4v) is 2.13. The first-order valence-electron chi connectivity index (χ1n) is 3.85. The Morgan fingerprint density at radius 2 is 2.64 bits per heavy atom. The lowest BCUT2D eigenvalue weighted by Gasteiger charge is -2.03. The van der Waals surface area contributed by atoms with Crippen LogP contribution in [0.3, 0.4) is 0 Å². The number of hydrogen-bond acceptors (Lipinski definition) is 2. The molecule has 1 aliphatic rings. The van der Waals surface area contributed by atoms with Gasteiger partial charge in [0.15, 0.2) is 0 Å². The van der Waals surface area contributed by atoms with E-state index in [0.717, 1.165) is 25.1 Å². The highest BCUT2D eigenvalue weighted by Crippen LogP contribution is 2.18. The highest BCUT2D eigenvalue weighted by atomic mass is 32.2. The summed E-state index contributed by atoms with van der Waals surface area (Å²) in [6.07, 6.45) is 3.87. The van der Waals surface area contributed by atoms with Crippen molar-refractivity contribution in [3.63, 3.8) is 0 Å². The average Bonchev–Trinajstić information content (AvgIpc) is 2.37. The number of allylic oxidation sites excluding steroid dienone is 1. The molecule has 0 aromatic carbocycles. The van der Waals surface area contributed by atoms with Gasteiger partial charge in [0.25, 0.3) is 0 Å². The van der Waals surface area contributed by atoms with E-state index >= 15 is 0 Å². The molecule has 0 spiro atoms. The van der Waals surface area contributed by atoms with Gasteiger partial charge in [-0.25, -0.2) is 0 Å². The standard InChI is InChI=1S/C8H13NOS/c1-2-3-6-11-7-4-5-9-8(7)10/h2,7H,1,3-6H2,(H,9,10). The van der Waals surface area contributed by atoms with E-state index in [4.69, 9.17) is 0 Å². The van der Waals surface area contributed by atoms with Crippen LogP contribution in [0.25, 0.3) is 0 Å². The van der Waals surface area contributed by atoms with Crippen LogP contribution in [0, 0.1) is 0 Å². The Hall–Kier alpha value is -0.440. The SMILES string of the molecule is C=CCCSC1CCNC1=O. The Bertz CT molecular complexity index is 158. The second-order valence-corrected chi connectivity index (χ2v) is 3.83. The minimum absolute atomic E-state index is 0.204. The Morgan fingerprint density at radius 1 is 1.82 bits per heavy atom. The Morgan fingerprint density at radius 3 is 3.18 bits per heavy atom. The topological polar surface area (TPSA) is 29.1 Å². The number of amides is 1. The maximum absolute atomic E-state index is 11.0. The monoisotopic (exact) mass is 171 g/mol. The Kier molecular flexibility index (Phi) is 3.49. The number of hydrogen-bond donors (Lipinski definition) is 1. The molecular weight excluding hydrogens is 158 g/mol. The molecule has 0 saturated carbocycles. The van der Waals surface area contributed by atoms with Crippen LogP contribution in [0.15, 0.2) is 12.7 Å². The molecule has 3 heteroatoms. The van der Waals surface area contributed by atoms with Crippen LogP contribution in [0.5, 0.6) is 0 Å². The molecule has 1 fully saturated rings. The first-order chi connectivity index (χ1) is 5.34. The smallest absolute Gasteiger partial charge is 0.233 e. The van der Waals surface area contributed by atoms with Crippen molar-refractivity contribution in [3.05, 3.63) is 12.7 Å². The molecule has 2 nitrogen and oxygen atoms in total. The van der Waals surface area contributed by atoms with Crippen LogP contribution in [0.2, 0.25) is 0 Å². The minimum Gasteiger partial charge on any atom is -0.355 e. The third kappa shape index (κ3) is 2.58. The van der Waals surface area contributed by atoms with Crippen molar-refractivity contribution >= 4 is 17.7 Å². The van der Waals surface area contributed by atoms with Crippen molar-refractivity contribution in [1.82, 2.24) is 5.32 Å². The van der Waals surface area contributed by atoms with Gasteiger partial charge in [0.1, 0.15) is 0 Å². The van der Waals surface area contributed by atoms with E-state index in [1.54, 1.807) is 11.8 Å². The van der Waals surface area contributed by atoms with Crippen LogP contribution in [-0.4, -0.2) is 23.5 Å². The average molecular weight is 171 g/mol. The molecule has 1 saturated heterocycles. The van der Waals surface area contributed by atoms with Crippen LogP contribution in [0.4, 0.5) is 0 Å². The molecule has 0 radical (unpaired) electrons. The zero-order valence-electron chi connectivity index (χ0n) is 6.51. The van der Waals surface area contributed by atoms with Gasteiger partial charge >= 0.3 is 0 Å². The lowest BCUT2D eigenvalue weighted by molar-refractivity contribution is -0.118. The van der Waals surface area contributed by atoms with Gasteiger partial charge in [-0.3, -0.25) is 4.79 Å². The molecule has 0 aromatic rings. The summed E-state index contributed by atoms with van der Waals surface area (Å²) < 4.78 is 0. The van der Waals surface area contributed by atoms with E-state index in [1.165, 1.54) is 0 Å². The normalized spacial score (nSPS) is 23.3. The highest BCUT2D eigenvalue weighted by Gasteiger charge is 2.23. The van der Waals surface area contributed by atoms with Gasteiger partial charge in [0, 0.05) is 6.54 Å². The first-order valence-corrected chi connectivity index (χ1v) is 4.89. The van der Waals surface area contributed by atoms with Crippen LogP contribution >= 0.6 is 11.8 Å². The third-order valence-corrected chi connectivity index (χ3v) is 2.96. The number of nitrogens with one attached hydrogen (secondary N) is 1. The maximum Gasteiger partial charge on any atom is 0.233 e. The summed E-state index contributed by atoms with van der Waals surface area (Å²) >= 11 is 1.73. The van der Waals surface area contributed by atoms with E-state index in [0.29, 0.717) is 0 Å². The van der Waals surface area contributed by atoms with E-state index in [-0.39, 0.29) is 11.2 Å². The van der Waals surface area contributed by atoms with Gasteiger partial charge in [-0.15, -0.1) is 18.3 Å². The molecule has 1 atom stereocenters. The minimum atomic E-state index is 0.204. The predicted molar refractivity (Wildman–Crippen MR) is 48.7 cm³/mol. The summed E-state index contributed by atoms with van der Waals surface area (Å²) in [5.74, 6) is 1.22. The third-order valence-electron chi connectivity index (χ3n) is 1.64. The molecule has 1 amide bonds. The number of thioether (sulfide) groups is 1. The van der Waals surface area contributed by atoms with Gasteiger partial charge in [0.2, 0.25) is 5.91 Å². The van der Waals surface area contributed by atoms with Crippen molar-refractivity contribution in [2.75, 3.05) is 12.3 Å². The molecular formula is C8H13NOS. The summed E-state index contributed by atoms with van der Waals surface area (Å²) in [5, 5.41) is 3.01. The number of rotatable bonds is 4. The quantitative estimate of drug-likeness (QED) is 0.508. The number of carbonyl (C=O) groups is 1. The van der Waals surface area contributed by atoms with Gasteiger partial charge in [-0.05, 0) is 18.6 Å². The van der Waals surface area contributed by atoms with Crippen LogP contribution in [-0.2, 0) is 4.79 Å². The molecule has 1 unspecified atom stereocenters. The van der Waals surface area contributed by atoms with E-state index < -0.39 is 0 Å². The second-order valence-electron chi connectivity index (χ2n) is 2.52. The molecule has 1 N–H and O–H groups in total. The van der Waals surface area contributed by atoms with Gasteiger partial charge < -0.3 is 5.32 Å². The van der Waals surface area contributed by atoms with Gasteiger partial charge in [-0.1, -0.05) is 6.08 Å². The molecule has 0 bridgehead atoms. The van der Waals surface area contributed by atoms with E-state index in [1.807, 2.05) is 6.08 Å². The molecule has 1 rings (SSSR count). The fourth-order valence-electron chi connectivity index (χ4n) is 1.02. The molecule has 11 heavy (non-hydrogen) atoms. The highest BCUT2D eigenvalue weighted by molar-refractivity contribution is 8.00. The Balaban J connectivity index is 2.15. The van der Waals surface area contributed by atoms with Crippen molar-refractivity contribution in [3.8, 4) is 0 Å². The van der Waals surface area contributed by atoms with E-state index in [2.05, 4.69) is 11.9 Å². The largest absolute Gasteiger partial charge is 0.355 e. The summed E-state index contributed by atoms with van der Waals surface area (Å²) in [7, 11) is 0. The van der Waals surface area contributed by atoms with Crippen LogP contribution < -0.4 is 5.32 Å². The van der Waals surface area contributed by atoms with Crippen molar-refractivity contribution in [1.29, 1.82) is 0 Å². The molecule has 62 valence electrons. The lowest BCUT2D eigenvalue weighted by atomic mass is 10.4. The fraction of sp³-hybridized carbons (Fsp3) is 0.625. The zero-order chi connectivity index (χ0) is 8.10. The molecule has 1 aliphatic heterocycles. The van der Waals surface area contributed by atoms with Crippen molar-refractivity contribution in [2.45, 2.75) is 18.1 Å². The summed E-state index contributed by atoms with van der Waals surface area (Å²) in [5.41, 5.74) is 0. The van der Waals surface area contributed by atoms with Crippen LogP contribution in [0.1, 0.15) is 12.8 Å². The maximum atomic E-state index is 11.0. The Labute approximate surface area is 71.4 Å². The van der Waals surface area contributed by atoms with Gasteiger partial charge in [0.05, 0.1) is 5.25 Å². The summed E-state index contributed by atoms with van der Waals surface area (Å²) in [6.45, 7) is 4.48. The summed E-state index contributed by atoms with van der Waals surface area (Å²) in [4.78, 5) is 11.0. The molecule has 1 heterocycles. The number of carbonyl (C=O) groups excluding carboxylic acids is 1.